The van der Waals surface area contributed by atoms with Gasteiger partial charge in [0.2, 0.25) is 5.91 Å². The lowest BCUT2D eigenvalue weighted by Gasteiger charge is -2.36. The average Bonchev–Trinajstić information content (AvgIpc) is 3.11. The third-order valence-electron chi connectivity index (χ3n) is 5.50. The fourth-order valence-corrected chi connectivity index (χ4v) is 4.10. The molecular formula is C20H27N3O2. The van der Waals surface area contributed by atoms with Gasteiger partial charge in [0, 0.05) is 43.3 Å². The summed E-state index contributed by atoms with van der Waals surface area (Å²) < 4.78 is 5.34. The normalized spacial score (nSPS) is 22.4. The minimum atomic E-state index is 0.268. The van der Waals surface area contributed by atoms with Crippen molar-refractivity contribution in [2.24, 2.45) is 0 Å². The number of aromatic amines is 1. The number of carbonyl (C=O) groups excluding carboxylic acids is 1. The smallest absolute Gasteiger partial charge is 0.224 e. The number of hydrogen-bond donors (Lipinski definition) is 1. The second-order valence-corrected chi connectivity index (χ2v) is 7.10. The largest absolute Gasteiger partial charge is 0.378 e. The Bertz CT molecular complexity index is 688. The average molecular weight is 341 g/mol. The number of nitrogens with zero attached hydrogens (tertiary/aromatic N) is 2. The van der Waals surface area contributed by atoms with Gasteiger partial charge in [0.1, 0.15) is 0 Å². The summed E-state index contributed by atoms with van der Waals surface area (Å²) in [6, 6.07) is 11.1. The van der Waals surface area contributed by atoms with Crippen LogP contribution >= 0.6 is 0 Å². The number of para-hydroxylation sites is 1. The number of H-pyrrole nitrogens is 1. The van der Waals surface area contributed by atoms with Crippen molar-refractivity contribution in [1.29, 1.82) is 0 Å². The number of fused-ring (bicyclic) bond motifs is 1. The molecule has 2 fully saturated rings. The summed E-state index contributed by atoms with van der Waals surface area (Å²) in [6.07, 6.45) is 4.26. The van der Waals surface area contributed by atoms with E-state index in [1.54, 1.807) is 0 Å². The van der Waals surface area contributed by atoms with Crippen molar-refractivity contribution in [3.63, 3.8) is 0 Å². The Morgan fingerprint density at radius 2 is 2.00 bits per heavy atom. The molecule has 5 heteroatoms. The van der Waals surface area contributed by atoms with Crippen molar-refractivity contribution in [1.82, 2.24) is 14.8 Å². The maximum atomic E-state index is 12.5. The van der Waals surface area contributed by atoms with E-state index in [0.717, 1.165) is 26.2 Å². The summed E-state index contributed by atoms with van der Waals surface area (Å²) >= 11 is 0. The number of benzene rings is 1. The van der Waals surface area contributed by atoms with E-state index in [2.05, 4.69) is 40.2 Å². The first-order valence-corrected chi connectivity index (χ1v) is 9.48. The molecule has 2 aliphatic rings. The van der Waals surface area contributed by atoms with Crippen molar-refractivity contribution < 1.29 is 9.53 Å². The molecule has 0 aliphatic carbocycles. The number of carbonyl (C=O) groups is 1. The van der Waals surface area contributed by atoms with Gasteiger partial charge in [-0.1, -0.05) is 24.6 Å². The molecule has 1 amide bonds. The number of nitrogens with one attached hydrogen (secondary N) is 1. The topological polar surface area (TPSA) is 48.6 Å². The van der Waals surface area contributed by atoms with Crippen LogP contribution in [0.25, 0.3) is 10.9 Å². The molecule has 2 saturated heterocycles. The molecule has 2 aliphatic heterocycles. The predicted octanol–water partition coefficient (Wildman–Crippen LogP) is 2.94. The Morgan fingerprint density at radius 3 is 2.84 bits per heavy atom. The molecule has 5 nitrogen and oxygen atoms in total. The fourth-order valence-electron chi connectivity index (χ4n) is 4.10. The first-order valence-electron chi connectivity index (χ1n) is 9.48. The lowest BCUT2D eigenvalue weighted by molar-refractivity contribution is -0.135. The summed E-state index contributed by atoms with van der Waals surface area (Å²) in [7, 11) is 0. The van der Waals surface area contributed by atoms with Gasteiger partial charge in [0.25, 0.3) is 0 Å². The van der Waals surface area contributed by atoms with Gasteiger partial charge in [-0.15, -0.1) is 0 Å². The zero-order valence-electron chi connectivity index (χ0n) is 14.7. The highest BCUT2D eigenvalue weighted by Gasteiger charge is 2.26. The third-order valence-corrected chi connectivity index (χ3v) is 5.50. The maximum absolute atomic E-state index is 12.5. The lowest BCUT2D eigenvalue weighted by Crippen LogP contribution is -2.43. The molecule has 1 aromatic carbocycles. The Hall–Kier alpha value is -1.85. The Labute approximate surface area is 148 Å². The van der Waals surface area contributed by atoms with Gasteiger partial charge in [-0.2, -0.15) is 0 Å². The molecule has 1 N–H and O–H groups in total. The first kappa shape index (κ1) is 16.6. The van der Waals surface area contributed by atoms with Crippen LogP contribution in [0.1, 0.15) is 37.4 Å². The van der Waals surface area contributed by atoms with E-state index in [1.807, 2.05) is 4.90 Å². The van der Waals surface area contributed by atoms with Gasteiger partial charge >= 0.3 is 0 Å². The maximum Gasteiger partial charge on any atom is 0.224 e. The highest BCUT2D eigenvalue weighted by molar-refractivity contribution is 5.80. The van der Waals surface area contributed by atoms with Gasteiger partial charge < -0.3 is 14.6 Å². The van der Waals surface area contributed by atoms with Crippen LogP contribution in [0.5, 0.6) is 0 Å². The molecule has 25 heavy (non-hydrogen) atoms. The van der Waals surface area contributed by atoms with Gasteiger partial charge in [-0.3, -0.25) is 9.69 Å². The molecule has 1 aromatic heterocycles. The van der Waals surface area contributed by atoms with Crippen molar-refractivity contribution in [2.45, 2.75) is 31.7 Å². The van der Waals surface area contributed by atoms with E-state index < -0.39 is 0 Å². The Kier molecular flexibility index (Phi) is 5.04. The summed E-state index contributed by atoms with van der Waals surface area (Å²) in [5.41, 5.74) is 2.49. The Morgan fingerprint density at radius 1 is 1.16 bits per heavy atom. The van der Waals surface area contributed by atoms with Crippen LogP contribution in [0, 0.1) is 0 Å². The third kappa shape index (κ3) is 3.72. The van der Waals surface area contributed by atoms with Gasteiger partial charge in [0.05, 0.1) is 13.2 Å². The monoisotopic (exact) mass is 341 g/mol. The standard InChI is InChI=1S/C20H27N3O2/c24-20(23-11-13-25-14-12-23)8-10-22-9-4-3-7-19(22)18-15-16-5-1-2-6-17(16)21-18/h1-2,5-6,15,19,21H,3-4,7-14H2/t19-/m1/s1. The van der Waals surface area contributed by atoms with Crippen LogP contribution < -0.4 is 0 Å². The highest BCUT2D eigenvalue weighted by atomic mass is 16.5. The molecule has 4 rings (SSSR count). The summed E-state index contributed by atoms with van der Waals surface area (Å²) in [5.74, 6) is 0.268. The fraction of sp³-hybridized carbons (Fsp3) is 0.550. The molecule has 0 saturated carbocycles. The number of piperidine rings is 1. The zero-order valence-corrected chi connectivity index (χ0v) is 14.7. The van der Waals surface area contributed by atoms with E-state index in [1.165, 1.54) is 35.9 Å². The summed E-state index contributed by atoms with van der Waals surface area (Å²) in [4.78, 5) is 20.5. The minimum Gasteiger partial charge on any atom is -0.378 e. The van der Waals surface area contributed by atoms with E-state index in [9.17, 15) is 4.79 Å². The van der Waals surface area contributed by atoms with Gasteiger partial charge in [0.15, 0.2) is 0 Å². The molecule has 3 heterocycles. The number of morpholine rings is 1. The zero-order chi connectivity index (χ0) is 17.1. The number of rotatable bonds is 4. The highest BCUT2D eigenvalue weighted by Crippen LogP contribution is 2.32. The molecule has 134 valence electrons. The van der Waals surface area contributed by atoms with E-state index in [-0.39, 0.29) is 5.91 Å². The van der Waals surface area contributed by atoms with Crippen molar-refractivity contribution in [3.8, 4) is 0 Å². The van der Waals surface area contributed by atoms with Crippen molar-refractivity contribution in [3.05, 3.63) is 36.0 Å². The van der Waals surface area contributed by atoms with Crippen LogP contribution in [-0.4, -0.2) is 60.1 Å². The van der Waals surface area contributed by atoms with Crippen molar-refractivity contribution in [2.75, 3.05) is 39.4 Å². The van der Waals surface area contributed by atoms with Crippen LogP contribution in [0.4, 0.5) is 0 Å². The molecule has 0 radical (unpaired) electrons. The van der Waals surface area contributed by atoms with E-state index >= 15 is 0 Å². The van der Waals surface area contributed by atoms with Crippen LogP contribution in [0.15, 0.2) is 30.3 Å². The van der Waals surface area contributed by atoms with Gasteiger partial charge in [-0.05, 0) is 36.9 Å². The van der Waals surface area contributed by atoms with Crippen LogP contribution in [0.2, 0.25) is 0 Å². The number of aromatic nitrogens is 1. The molecule has 2 aromatic rings. The second kappa shape index (κ2) is 7.58. The minimum absolute atomic E-state index is 0.268. The van der Waals surface area contributed by atoms with E-state index in [4.69, 9.17) is 4.74 Å². The van der Waals surface area contributed by atoms with Crippen molar-refractivity contribution >= 4 is 16.8 Å². The quantitative estimate of drug-likeness (QED) is 0.930. The molecule has 1 atom stereocenters. The SMILES string of the molecule is O=C(CCN1CCCC[C@@H]1c1cc2ccccc2[nH]1)N1CCOCC1. The first-order chi connectivity index (χ1) is 12.3. The predicted molar refractivity (Wildman–Crippen MR) is 98.5 cm³/mol. The summed E-state index contributed by atoms with van der Waals surface area (Å²) in [6.45, 7) is 4.75. The number of ether oxygens (including phenoxy) is 1. The molecule has 0 bridgehead atoms. The van der Waals surface area contributed by atoms with Gasteiger partial charge in [-0.25, -0.2) is 0 Å². The summed E-state index contributed by atoms with van der Waals surface area (Å²) in [5, 5.41) is 1.27. The van der Waals surface area contributed by atoms with E-state index in [0.29, 0.717) is 25.7 Å². The number of amides is 1. The van der Waals surface area contributed by atoms with Crippen LogP contribution in [0.3, 0.4) is 0 Å². The molecule has 0 spiro atoms. The molecule has 0 unspecified atom stereocenters. The number of likely N-dealkylation sites (tertiary alicyclic amines) is 1. The Balaban J connectivity index is 1.42. The molecular weight excluding hydrogens is 314 g/mol. The number of hydrogen-bond acceptors (Lipinski definition) is 3. The lowest BCUT2D eigenvalue weighted by atomic mass is 9.99. The van der Waals surface area contributed by atoms with Crippen LogP contribution in [-0.2, 0) is 9.53 Å². The second-order valence-electron chi connectivity index (χ2n) is 7.10.